The summed E-state index contributed by atoms with van der Waals surface area (Å²) in [6.07, 6.45) is 3.18. The highest BCUT2D eigenvalue weighted by Crippen LogP contribution is 2.41. The predicted molar refractivity (Wildman–Crippen MR) is 44.8 cm³/mol. The van der Waals surface area contributed by atoms with Crippen molar-refractivity contribution in [2.45, 2.75) is 18.4 Å². The van der Waals surface area contributed by atoms with E-state index in [2.05, 4.69) is 25.3 Å². The van der Waals surface area contributed by atoms with Gasteiger partial charge in [-0.1, -0.05) is 5.16 Å². The zero-order chi connectivity index (χ0) is 9.60. The molecule has 0 saturated heterocycles. The first kappa shape index (κ1) is 7.63. The van der Waals surface area contributed by atoms with Crippen molar-refractivity contribution in [3.8, 4) is 11.6 Å². The van der Waals surface area contributed by atoms with E-state index in [0.717, 1.165) is 12.8 Å². The van der Waals surface area contributed by atoms with E-state index in [-0.39, 0.29) is 0 Å². The number of hydrogen-bond donors (Lipinski definition) is 2. The Bertz CT molecular complexity index is 442. The van der Waals surface area contributed by atoms with E-state index in [0.29, 0.717) is 17.5 Å². The maximum absolute atomic E-state index is 5.89. The van der Waals surface area contributed by atoms with E-state index in [1.807, 2.05) is 0 Å². The van der Waals surface area contributed by atoms with E-state index in [1.54, 1.807) is 0 Å². The molecule has 0 aromatic carbocycles. The zero-order valence-electron chi connectivity index (χ0n) is 7.27. The van der Waals surface area contributed by atoms with Crippen LogP contribution >= 0.6 is 0 Å². The van der Waals surface area contributed by atoms with Crippen LogP contribution in [0.15, 0.2) is 10.9 Å². The second-order valence-electron chi connectivity index (χ2n) is 3.41. The zero-order valence-corrected chi connectivity index (χ0v) is 7.27. The van der Waals surface area contributed by atoms with Crippen LogP contribution < -0.4 is 5.73 Å². The number of aromatic amines is 1. The normalized spacial score (nSPS) is 18.4. The van der Waals surface area contributed by atoms with Gasteiger partial charge in [-0.15, -0.1) is 0 Å². The molecule has 2 aromatic rings. The van der Waals surface area contributed by atoms with Crippen LogP contribution in [0.2, 0.25) is 0 Å². The minimum Gasteiger partial charge on any atom is -0.337 e. The smallest absolute Gasteiger partial charge is 0.247 e. The Balaban J connectivity index is 1.98. The molecule has 1 aliphatic rings. The van der Waals surface area contributed by atoms with E-state index < -0.39 is 5.54 Å². The highest BCUT2D eigenvalue weighted by atomic mass is 16.5. The fourth-order valence-electron chi connectivity index (χ4n) is 1.18. The molecular formula is C7H8N6O. The summed E-state index contributed by atoms with van der Waals surface area (Å²) in [7, 11) is 0. The van der Waals surface area contributed by atoms with E-state index >= 15 is 0 Å². The third-order valence-corrected chi connectivity index (χ3v) is 2.27. The number of nitrogens with two attached hydrogens (primary N) is 1. The lowest BCUT2D eigenvalue weighted by atomic mass is 10.3. The average Bonchev–Trinajstić information content (AvgIpc) is 2.73. The standard InChI is InChI=1S/C7H8N6O/c8-7(1-2-7)6-11-5(13-14-6)4-9-3-10-12-4/h3H,1-2,8H2,(H,9,10,12). The lowest BCUT2D eigenvalue weighted by molar-refractivity contribution is 0.348. The van der Waals surface area contributed by atoms with Crippen LogP contribution in [0.25, 0.3) is 11.6 Å². The fraction of sp³-hybridized carbons (Fsp3) is 0.429. The van der Waals surface area contributed by atoms with Gasteiger partial charge in [0.2, 0.25) is 11.7 Å². The molecule has 7 heteroatoms. The molecule has 0 unspecified atom stereocenters. The summed E-state index contributed by atoms with van der Waals surface area (Å²) in [6, 6.07) is 0. The average molecular weight is 192 g/mol. The first-order valence-electron chi connectivity index (χ1n) is 4.27. The monoisotopic (exact) mass is 192 g/mol. The van der Waals surface area contributed by atoms with Crippen LogP contribution in [0.1, 0.15) is 18.7 Å². The van der Waals surface area contributed by atoms with Crippen molar-refractivity contribution in [3.05, 3.63) is 12.2 Å². The highest BCUT2D eigenvalue weighted by molar-refractivity contribution is 5.40. The molecule has 0 atom stereocenters. The second-order valence-corrected chi connectivity index (χ2v) is 3.41. The van der Waals surface area contributed by atoms with Crippen LogP contribution in [-0.2, 0) is 5.54 Å². The van der Waals surface area contributed by atoms with E-state index in [4.69, 9.17) is 10.3 Å². The third kappa shape index (κ3) is 1.02. The quantitative estimate of drug-likeness (QED) is 0.682. The summed E-state index contributed by atoms with van der Waals surface area (Å²) >= 11 is 0. The third-order valence-electron chi connectivity index (χ3n) is 2.27. The maximum atomic E-state index is 5.89. The van der Waals surface area contributed by atoms with Crippen LogP contribution in [0.3, 0.4) is 0 Å². The number of nitrogens with one attached hydrogen (secondary N) is 1. The minimum atomic E-state index is -0.398. The molecule has 3 N–H and O–H groups in total. The van der Waals surface area contributed by atoms with Crippen molar-refractivity contribution in [2.75, 3.05) is 0 Å². The van der Waals surface area contributed by atoms with Crippen molar-refractivity contribution in [1.29, 1.82) is 0 Å². The van der Waals surface area contributed by atoms with Gasteiger partial charge in [0, 0.05) is 0 Å². The topological polar surface area (TPSA) is 107 Å². The Kier molecular flexibility index (Phi) is 1.30. The largest absolute Gasteiger partial charge is 0.337 e. The van der Waals surface area contributed by atoms with Crippen molar-refractivity contribution in [1.82, 2.24) is 25.3 Å². The Hall–Kier alpha value is -1.76. The van der Waals surface area contributed by atoms with Crippen LogP contribution in [0.4, 0.5) is 0 Å². The molecule has 0 bridgehead atoms. The van der Waals surface area contributed by atoms with E-state index in [9.17, 15) is 0 Å². The first-order chi connectivity index (χ1) is 6.78. The molecule has 0 amide bonds. The number of hydrogen-bond acceptors (Lipinski definition) is 6. The minimum absolute atomic E-state index is 0.397. The van der Waals surface area contributed by atoms with Gasteiger partial charge < -0.3 is 10.3 Å². The molecule has 3 rings (SSSR count). The fourth-order valence-corrected chi connectivity index (χ4v) is 1.18. The van der Waals surface area contributed by atoms with Crippen molar-refractivity contribution < 1.29 is 4.52 Å². The van der Waals surface area contributed by atoms with Crippen LogP contribution in [-0.4, -0.2) is 25.3 Å². The Morgan fingerprint density at radius 1 is 1.50 bits per heavy atom. The van der Waals surface area contributed by atoms with Gasteiger partial charge in [0.25, 0.3) is 0 Å². The SMILES string of the molecule is NC1(c2nc(-c3ncn[nH]3)no2)CC1. The second kappa shape index (κ2) is 2.38. The summed E-state index contributed by atoms with van der Waals surface area (Å²) in [6.45, 7) is 0. The molecule has 2 aromatic heterocycles. The number of aromatic nitrogens is 5. The van der Waals surface area contributed by atoms with Gasteiger partial charge in [0.1, 0.15) is 6.33 Å². The molecule has 1 fully saturated rings. The molecule has 1 saturated carbocycles. The molecule has 0 aliphatic heterocycles. The Morgan fingerprint density at radius 2 is 2.36 bits per heavy atom. The van der Waals surface area contributed by atoms with Gasteiger partial charge in [-0.3, -0.25) is 5.10 Å². The molecule has 0 radical (unpaired) electrons. The molecule has 2 heterocycles. The summed E-state index contributed by atoms with van der Waals surface area (Å²) in [5.41, 5.74) is 5.49. The summed E-state index contributed by atoms with van der Waals surface area (Å²) in [5.74, 6) is 1.36. The summed E-state index contributed by atoms with van der Waals surface area (Å²) in [5, 5.41) is 10.1. The van der Waals surface area contributed by atoms with Gasteiger partial charge in [-0.2, -0.15) is 10.1 Å². The molecule has 7 nitrogen and oxygen atoms in total. The number of H-pyrrole nitrogens is 1. The van der Waals surface area contributed by atoms with Crippen molar-refractivity contribution in [3.63, 3.8) is 0 Å². The van der Waals surface area contributed by atoms with Crippen LogP contribution in [0.5, 0.6) is 0 Å². The van der Waals surface area contributed by atoms with E-state index in [1.165, 1.54) is 6.33 Å². The maximum Gasteiger partial charge on any atom is 0.247 e. The van der Waals surface area contributed by atoms with Gasteiger partial charge in [0.05, 0.1) is 5.54 Å². The lowest BCUT2D eigenvalue weighted by Crippen LogP contribution is -2.18. The highest BCUT2D eigenvalue weighted by Gasteiger charge is 2.45. The predicted octanol–water partition coefficient (Wildman–Crippen LogP) is -0.198. The Labute approximate surface area is 78.7 Å². The number of rotatable bonds is 2. The van der Waals surface area contributed by atoms with Gasteiger partial charge >= 0.3 is 0 Å². The summed E-state index contributed by atoms with van der Waals surface area (Å²) < 4.78 is 5.04. The summed E-state index contributed by atoms with van der Waals surface area (Å²) in [4.78, 5) is 8.06. The van der Waals surface area contributed by atoms with Crippen LogP contribution in [0, 0.1) is 0 Å². The molecule has 0 spiro atoms. The van der Waals surface area contributed by atoms with Crippen molar-refractivity contribution >= 4 is 0 Å². The lowest BCUT2D eigenvalue weighted by Gasteiger charge is -1.97. The van der Waals surface area contributed by atoms with Gasteiger partial charge in [-0.25, -0.2) is 4.98 Å². The Morgan fingerprint density at radius 3 is 3.00 bits per heavy atom. The van der Waals surface area contributed by atoms with Gasteiger partial charge in [-0.05, 0) is 12.8 Å². The first-order valence-corrected chi connectivity index (χ1v) is 4.27. The van der Waals surface area contributed by atoms with Gasteiger partial charge in [0.15, 0.2) is 5.82 Å². The molecule has 14 heavy (non-hydrogen) atoms. The molecular weight excluding hydrogens is 184 g/mol. The number of nitrogens with zero attached hydrogens (tertiary/aromatic N) is 4. The molecule has 72 valence electrons. The van der Waals surface area contributed by atoms with Crippen molar-refractivity contribution in [2.24, 2.45) is 5.73 Å². The molecule has 1 aliphatic carbocycles.